The number of aromatic amines is 2. The Kier molecular flexibility index (Phi) is 4.41. The molecule has 0 fully saturated rings. The molecule has 0 atom stereocenters. The zero-order valence-corrected chi connectivity index (χ0v) is 18.3. The molecule has 4 N–H and O–H groups in total. The Labute approximate surface area is 183 Å². The van der Waals surface area contributed by atoms with E-state index in [1.54, 1.807) is 12.1 Å². The maximum Gasteiger partial charge on any atom is 0.123 e. The number of aromatic nitrogens is 2. The van der Waals surface area contributed by atoms with Crippen LogP contribution < -0.4 is 0 Å². The highest BCUT2D eigenvalue weighted by atomic mass is 79.9. The molecule has 0 saturated carbocycles. The molecule has 29 heavy (non-hydrogen) atoms. The number of nitrogens with one attached hydrogen (secondary N) is 2. The first-order valence-corrected chi connectivity index (χ1v) is 10.6. The molecular formula is C23H16Br2N2O2. The van der Waals surface area contributed by atoms with E-state index >= 15 is 0 Å². The third kappa shape index (κ3) is 3.12. The summed E-state index contributed by atoms with van der Waals surface area (Å²) in [6.45, 7) is 0. The second-order valence-corrected chi connectivity index (χ2v) is 8.88. The van der Waals surface area contributed by atoms with Crippen LogP contribution in [0.15, 0.2) is 75.9 Å². The molecule has 0 amide bonds. The van der Waals surface area contributed by atoms with Crippen molar-refractivity contribution in [1.29, 1.82) is 0 Å². The van der Waals surface area contributed by atoms with Crippen LogP contribution in [0.2, 0.25) is 0 Å². The normalized spacial score (nSPS) is 11.7. The summed E-state index contributed by atoms with van der Waals surface area (Å²) in [5.74, 6) is -0.140. The predicted molar refractivity (Wildman–Crippen MR) is 123 cm³/mol. The lowest BCUT2D eigenvalue weighted by molar-refractivity contribution is 0.445. The van der Waals surface area contributed by atoms with Crippen molar-refractivity contribution in [3.63, 3.8) is 0 Å². The second-order valence-electron chi connectivity index (χ2n) is 7.04. The number of benzene rings is 3. The number of H-pyrrole nitrogens is 2. The average Bonchev–Trinajstić information content (AvgIpc) is 3.28. The molecule has 0 unspecified atom stereocenters. The van der Waals surface area contributed by atoms with Crippen molar-refractivity contribution in [2.24, 2.45) is 0 Å². The van der Waals surface area contributed by atoms with Gasteiger partial charge in [0.15, 0.2) is 0 Å². The smallest absolute Gasteiger partial charge is 0.123 e. The van der Waals surface area contributed by atoms with E-state index in [1.807, 2.05) is 36.7 Å². The van der Waals surface area contributed by atoms with Gasteiger partial charge >= 0.3 is 0 Å². The molecule has 2 heterocycles. The zero-order chi connectivity index (χ0) is 20.1. The molecule has 0 aliphatic rings. The van der Waals surface area contributed by atoms with Gasteiger partial charge in [0, 0.05) is 60.7 Å². The summed E-state index contributed by atoms with van der Waals surface area (Å²) in [4.78, 5) is 6.69. The molecule has 3 aromatic carbocycles. The van der Waals surface area contributed by atoms with Gasteiger partial charge in [-0.1, -0.05) is 37.9 Å². The third-order valence-electron chi connectivity index (χ3n) is 5.30. The van der Waals surface area contributed by atoms with Crippen LogP contribution in [0.25, 0.3) is 21.8 Å². The fraction of sp³-hybridized carbons (Fsp3) is 0.0435. The summed E-state index contributed by atoms with van der Waals surface area (Å²) in [5.41, 5.74) is 4.86. The highest BCUT2D eigenvalue weighted by molar-refractivity contribution is 9.10. The van der Waals surface area contributed by atoms with Crippen molar-refractivity contribution in [2.75, 3.05) is 0 Å². The molecule has 144 valence electrons. The number of phenols is 2. The van der Waals surface area contributed by atoms with Gasteiger partial charge in [-0.25, -0.2) is 0 Å². The molecule has 0 bridgehead atoms. The Morgan fingerprint density at radius 3 is 1.72 bits per heavy atom. The van der Waals surface area contributed by atoms with Gasteiger partial charge in [0.1, 0.15) is 11.5 Å². The van der Waals surface area contributed by atoms with Gasteiger partial charge in [-0.2, -0.15) is 0 Å². The van der Waals surface area contributed by atoms with Gasteiger partial charge in [-0.05, 0) is 53.6 Å². The fourth-order valence-corrected chi connectivity index (χ4v) is 4.71. The number of hydrogen-bond donors (Lipinski definition) is 4. The zero-order valence-electron chi connectivity index (χ0n) is 15.1. The van der Waals surface area contributed by atoms with Crippen LogP contribution in [0.1, 0.15) is 22.6 Å². The molecule has 6 heteroatoms. The number of aromatic hydroxyl groups is 2. The molecule has 0 aliphatic heterocycles. The van der Waals surface area contributed by atoms with E-state index in [0.29, 0.717) is 0 Å². The van der Waals surface area contributed by atoms with Crippen molar-refractivity contribution < 1.29 is 10.2 Å². The van der Waals surface area contributed by atoms with Crippen LogP contribution in [-0.4, -0.2) is 20.2 Å². The van der Waals surface area contributed by atoms with E-state index < -0.39 is 0 Å². The lowest BCUT2D eigenvalue weighted by atomic mass is 9.84. The van der Waals surface area contributed by atoms with E-state index in [0.717, 1.165) is 47.4 Å². The Bertz CT molecular complexity index is 1290. The Morgan fingerprint density at radius 1 is 0.655 bits per heavy atom. The van der Waals surface area contributed by atoms with E-state index in [-0.39, 0.29) is 17.4 Å². The van der Waals surface area contributed by atoms with E-state index in [1.165, 1.54) is 6.07 Å². The first kappa shape index (κ1) is 18.3. The number of rotatable bonds is 3. The van der Waals surface area contributed by atoms with Crippen LogP contribution in [0.3, 0.4) is 0 Å². The first-order valence-electron chi connectivity index (χ1n) is 9.06. The summed E-state index contributed by atoms with van der Waals surface area (Å²) in [6.07, 6.45) is 3.98. The number of phenolic OH excluding ortho intramolecular Hbond substituents is 2. The van der Waals surface area contributed by atoms with Crippen LogP contribution in [0.5, 0.6) is 11.5 Å². The molecule has 5 aromatic rings. The van der Waals surface area contributed by atoms with Crippen LogP contribution >= 0.6 is 31.9 Å². The van der Waals surface area contributed by atoms with Crippen LogP contribution in [0, 0.1) is 0 Å². The van der Waals surface area contributed by atoms with Crippen molar-refractivity contribution in [1.82, 2.24) is 9.97 Å². The molecule has 5 rings (SSSR count). The SMILES string of the molecule is Oc1ccc(C(c2c[nH]c3ccc(Br)cc23)c2c[nH]c3ccc(Br)cc23)c(O)c1. The van der Waals surface area contributed by atoms with Gasteiger partial charge in [0.2, 0.25) is 0 Å². The van der Waals surface area contributed by atoms with Gasteiger partial charge < -0.3 is 20.2 Å². The average molecular weight is 512 g/mol. The third-order valence-corrected chi connectivity index (χ3v) is 6.29. The summed E-state index contributed by atoms with van der Waals surface area (Å²) in [6, 6.07) is 17.0. The van der Waals surface area contributed by atoms with Crippen molar-refractivity contribution in [2.45, 2.75) is 5.92 Å². The molecular weight excluding hydrogens is 496 g/mol. The second kappa shape index (κ2) is 6.97. The predicted octanol–water partition coefficient (Wildman–Crippen LogP) is 6.77. The van der Waals surface area contributed by atoms with E-state index in [9.17, 15) is 10.2 Å². The molecule has 0 radical (unpaired) electrons. The monoisotopic (exact) mass is 510 g/mol. The molecule has 4 nitrogen and oxygen atoms in total. The van der Waals surface area contributed by atoms with Gasteiger partial charge in [-0.15, -0.1) is 0 Å². The lowest BCUT2D eigenvalue weighted by Gasteiger charge is -2.19. The summed E-state index contributed by atoms with van der Waals surface area (Å²) < 4.78 is 1.97. The summed E-state index contributed by atoms with van der Waals surface area (Å²) in [7, 11) is 0. The topological polar surface area (TPSA) is 72.0 Å². The summed E-state index contributed by atoms with van der Waals surface area (Å²) in [5, 5.41) is 22.7. The number of fused-ring (bicyclic) bond motifs is 2. The van der Waals surface area contributed by atoms with Crippen molar-refractivity contribution in [3.8, 4) is 11.5 Å². The minimum absolute atomic E-state index is 0.0355. The maximum atomic E-state index is 10.7. The van der Waals surface area contributed by atoms with Gasteiger partial charge in [0.25, 0.3) is 0 Å². The minimum atomic E-state index is -0.235. The highest BCUT2D eigenvalue weighted by Gasteiger charge is 2.26. The van der Waals surface area contributed by atoms with E-state index in [2.05, 4.69) is 54.0 Å². The number of halogens is 2. The minimum Gasteiger partial charge on any atom is -0.508 e. The lowest BCUT2D eigenvalue weighted by Crippen LogP contribution is -2.03. The maximum absolute atomic E-state index is 10.7. The quantitative estimate of drug-likeness (QED) is 0.216. The molecule has 0 aliphatic carbocycles. The first-order chi connectivity index (χ1) is 14.0. The van der Waals surface area contributed by atoms with Crippen LogP contribution in [-0.2, 0) is 0 Å². The molecule has 0 saturated heterocycles. The number of hydrogen-bond acceptors (Lipinski definition) is 2. The Hall–Kier alpha value is -2.70. The summed E-state index contributed by atoms with van der Waals surface area (Å²) >= 11 is 7.14. The largest absolute Gasteiger partial charge is 0.508 e. The van der Waals surface area contributed by atoms with Gasteiger partial charge in [-0.3, -0.25) is 0 Å². The standard InChI is InChI=1S/C23H16Br2N2O2/c24-12-1-5-20-16(7-12)18(10-26-20)23(15-4-3-14(28)9-22(15)29)19-11-27-21-6-2-13(25)8-17(19)21/h1-11,23,26-29H. The molecule has 0 spiro atoms. The van der Waals surface area contributed by atoms with E-state index in [4.69, 9.17) is 0 Å². The molecule has 2 aromatic heterocycles. The fourth-order valence-electron chi connectivity index (χ4n) is 3.99. The Morgan fingerprint density at radius 2 is 1.21 bits per heavy atom. The van der Waals surface area contributed by atoms with Crippen molar-refractivity contribution >= 4 is 53.7 Å². The Balaban J connectivity index is 1.84. The van der Waals surface area contributed by atoms with Gasteiger partial charge in [0.05, 0.1) is 0 Å². The van der Waals surface area contributed by atoms with Crippen LogP contribution in [0.4, 0.5) is 0 Å². The highest BCUT2D eigenvalue weighted by Crippen LogP contribution is 2.43. The van der Waals surface area contributed by atoms with Crippen molar-refractivity contribution in [3.05, 3.63) is 92.6 Å².